The Morgan fingerprint density at radius 2 is 1.94 bits per heavy atom. The standard InChI is InChI=1S/C11H22N2O4/c1-2-11(4-3-5-12-11)9(17)13-10(6-14,7-15)8-16/h12,14-16H,2-8H2,1H3,(H,13,17). The zero-order valence-electron chi connectivity index (χ0n) is 10.2. The van der Waals surface area contributed by atoms with Crippen LogP contribution in [-0.2, 0) is 4.79 Å². The minimum atomic E-state index is -1.34. The molecule has 0 aliphatic carbocycles. The SMILES string of the molecule is CCC1(C(=O)NC(CO)(CO)CO)CCCN1. The molecular formula is C11H22N2O4. The average molecular weight is 246 g/mol. The molecule has 5 N–H and O–H groups in total. The first-order chi connectivity index (χ1) is 8.08. The van der Waals surface area contributed by atoms with Crippen LogP contribution in [0.3, 0.4) is 0 Å². The van der Waals surface area contributed by atoms with Crippen molar-refractivity contribution in [1.82, 2.24) is 10.6 Å². The number of hydrogen-bond acceptors (Lipinski definition) is 5. The van der Waals surface area contributed by atoms with E-state index in [4.69, 9.17) is 15.3 Å². The number of carbonyl (C=O) groups is 1. The molecule has 1 unspecified atom stereocenters. The molecule has 1 aliphatic rings. The van der Waals surface area contributed by atoms with Crippen LogP contribution in [0.4, 0.5) is 0 Å². The van der Waals surface area contributed by atoms with E-state index in [2.05, 4.69) is 10.6 Å². The highest BCUT2D eigenvalue weighted by Crippen LogP contribution is 2.24. The van der Waals surface area contributed by atoms with Crippen LogP contribution >= 0.6 is 0 Å². The predicted octanol–water partition coefficient (Wildman–Crippen LogP) is -1.65. The van der Waals surface area contributed by atoms with Crippen molar-refractivity contribution in [3.05, 3.63) is 0 Å². The van der Waals surface area contributed by atoms with Crippen LogP contribution in [0.25, 0.3) is 0 Å². The lowest BCUT2D eigenvalue weighted by Gasteiger charge is -2.34. The lowest BCUT2D eigenvalue weighted by Crippen LogP contribution is -2.64. The van der Waals surface area contributed by atoms with Crippen LogP contribution in [0.2, 0.25) is 0 Å². The van der Waals surface area contributed by atoms with Gasteiger partial charge in [-0.25, -0.2) is 0 Å². The summed E-state index contributed by atoms with van der Waals surface area (Å²) in [6.07, 6.45) is 2.29. The first-order valence-electron chi connectivity index (χ1n) is 5.98. The van der Waals surface area contributed by atoms with Gasteiger partial charge in [-0.05, 0) is 25.8 Å². The summed E-state index contributed by atoms with van der Waals surface area (Å²) in [5.41, 5.74) is -1.98. The van der Waals surface area contributed by atoms with Crippen LogP contribution in [0.15, 0.2) is 0 Å². The van der Waals surface area contributed by atoms with Gasteiger partial charge in [-0.15, -0.1) is 0 Å². The first-order valence-corrected chi connectivity index (χ1v) is 5.98. The van der Waals surface area contributed by atoms with Gasteiger partial charge in [-0.1, -0.05) is 6.92 Å². The Bertz CT molecular complexity index is 252. The summed E-state index contributed by atoms with van der Waals surface area (Å²) in [6, 6.07) is 0. The topological polar surface area (TPSA) is 102 Å². The largest absolute Gasteiger partial charge is 0.394 e. The normalized spacial score (nSPS) is 24.9. The fraction of sp³-hybridized carbons (Fsp3) is 0.909. The van der Waals surface area contributed by atoms with Gasteiger partial charge in [0, 0.05) is 0 Å². The summed E-state index contributed by atoms with van der Waals surface area (Å²) >= 11 is 0. The summed E-state index contributed by atoms with van der Waals surface area (Å²) < 4.78 is 0. The summed E-state index contributed by atoms with van der Waals surface area (Å²) in [5.74, 6) is -0.269. The second-order valence-electron chi connectivity index (χ2n) is 4.67. The monoisotopic (exact) mass is 246 g/mol. The van der Waals surface area contributed by atoms with Crippen molar-refractivity contribution in [2.45, 2.75) is 37.3 Å². The zero-order chi connectivity index (χ0) is 12.9. The molecule has 17 heavy (non-hydrogen) atoms. The third-order valence-corrected chi connectivity index (χ3v) is 3.57. The maximum atomic E-state index is 12.2. The maximum Gasteiger partial charge on any atom is 0.240 e. The van der Waals surface area contributed by atoms with Gasteiger partial charge in [0.25, 0.3) is 0 Å². The lowest BCUT2D eigenvalue weighted by molar-refractivity contribution is -0.131. The highest BCUT2D eigenvalue weighted by molar-refractivity contribution is 5.87. The van der Waals surface area contributed by atoms with E-state index in [0.29, 0.717) is 6.42 Å². The molecule has 100 valence electrons. The maximum absolute atomic E-state index is 12.2. The number of carbonyl (C=O) groups excluding carboxylic acids is 1. The van der Waals surface area contributed by atoms with E-state index in [9.17, 15) is 4.79 Å². The molecule has 6 nitrogen and oxygen atoms in total. The average Bonchev–Trinajstić information content (AvgIpc) is 2.86. The molecule has 1 atom stereocenters. The quantitative estimate of drug-likeness (QED) is 0.386. The van der Waals surface area contributed by atoms with Crippen molar-refractivity contribution in [2.24, 2.45) is 0 Å². The van der Waals surface area contributed by atoms with Crippen molar-refractivity contribution < 1.29 is 20.1 Å². The molecule has 0 saturated carbocycles. The number of rotatable bonds is 6. The molecule has 1 aliphatic heterocycles. The highest BCUT2D eigenvalue weighted by Gasteiger charge is 2.42. The Kier molecular flexibility index (Phi) is 4.88. The van der Waals surface area contributed by atoms with Gasteiger partial charge in [-0.2, -0.15) is 0 Å². The number of nitrogens with one attached hydrogen (secondary N) is 2. The van der Waals surface area contributed by atoms with E-state index >= 15 is 0 Å². The van der Waals surface area contributed by atoms with E-state index in [1.54, 1.807) is 0 Å². The lowest BCUT2D eigenvalue weighted by atomic mass is 9.91. The number of aliphatic hydroxyl groups is 3. The van der Waals surface area contributed by atoms with Gasteiger partial charge in [0.05, 0.1) is 25.4 Å². The minimum absolute atomic E-state index is 0.269. The Labute approximate surface area is 101 Å². The number of hydrogen-bond donors (Lipinski definition) is 5. The van der Waals surface area contributed by atoms with Gasteiger partial charge in [0.2, 0.25) is 5.91 Å². The molecule has 1 saturated heterocycles. The van der Waals surface area contributed by atoms with E-state index < -0.39 is 30.9 Å². The minimum Gasteiger partial charge on any atom is -0.394 e. The molecule has 0 spiro atoms. The molecule has 0 radical (unpaired) electrons. The molecule has 0 bridgehead atoms. The summed E-state index contributed by atoms with van der Waals surface area (Å²) in [5, 5.41) is 33.2. The molecule has 0 aromatic rings. The van der Waals surface area contributed by atoms with Crippen molar-refractivity contribution >= 4 is 5.91 Å². The molecule has 0 aromatic carbocycles. The number of aliphatic hydroxyl groups excluding tert-OH is 3. The van der Waals surface area contributed by atoms with Gasteiger partial charge >= 0.3 is 0 Å². The predicted molar refractivity (Wildman–Crippen MR) is 62.4 cm³/mol. The van der Waals surface area contributed by atoms with Gasteiger partial charge in [-0.3, -0.25) is 4.79 Å². The van der Waals surface area contributed by atoms with Gasteiger partial charge in [0.1, 0.15) is 5.54 Å². The van der Waals surface area contributed by atoms with Gasteiger partial charge in [0.15, 0.2) is 0 Å². The Morgan fingerprint density at radius 3 is 2.29 bits per heavy atom. The fourth-order valence-electron chi connectivity index (χ4n) is 2.09. The van der Waals surface area contributed by atoms with Crippen molar-refractivity contribution in [2.75, 3.05) is 26.4 Å². The molecule has 6 heteroatoms. The zero-order valence-corrected chi connectivity index (χ0v) is 10.2. The molecule has 1 heterocycles. The molecule has 1 rings (SSSR count). The van der Waals surface area contributed by atoms with Gasteiger partial charge < -0.3 is 26.0 Å². The number of amides is 1. The summed E-state index contributed by atoms with van der Waals surface area (Å²) in [6.45, 7) is 1.21. The summed E-state index contributed by atoms with van der Waals surface area (Å²) in [7, 11) is 0. The van der Waals surface area contributed by atoms with Crippen molar-refractivity contribution in [3.63, 3.8) is 0 Å². The molecule has 1 amide bonds. The second-order valence-corrected chi connectivity index (χ2v) is 4.67. The Hall–Kier alpha value is -0.690. The first kappa shape index (κ1) is 14.4. The highest BCUT2D eigenvalue weighted by atomic mass is 16.3. The fourth-order valence-corrected chi connectivity index (χ4v) is 2.09. The third kappa shape index (κ3) is 2.77. The van der Waals surface area contributed by atoms with Crippen LogP contribution in [0.5, 0.6) is 0 Å². The van der Waals surface area contributed by atoms with E-state index in [1.807, 2.05) is 6.92 Å². The van der Waals surface area contributed by atoms with Crippen molar-refractivity contribution in [3.8, 4) is 0 Å². The molecular weight excluding hydrogens is 224 g/mol. The van der Waals surface area contributed by atoms with E-state index in [1.165, 1.54) is 0 Å². The third-order valence-electron chi connectivity index (χ3n) is 3.57. The van der Waals surface area contributed by atoms with Crippen LogP contribution in [-0.4, -0.2) is 58.7 Å². The van der Waals surface area contributed by atoms with Crippen LogP contribution in [0, 0.1) is 0 Å². The van der Waals surface area contributed by atoms with E-state index in [-0.39, 0.29) is 5.91 Å². The van der Waals surface area contributed by atoms with E-state index in [0.717, 1.165) is 19.4 Å². The second kappa shape index (κ2) is 5.77. The van der Waals surface area contributed by atoms with Crippen LogP contribution < -0.4 is 10.6 Å². The van der Waals surface area contributed by atoms with Crippen molar-refractivity contribution in [1.29, 1.82) is 0 Å². The Morgan fingerprint density at radius 1 is 1.35 bits per heavy atom. The smallest absolute Gasteiger partial charge is 0.240 e. The molecule has 0 aromatic heterocycles. The summed E-state index contributed by atoms with van der Waals surface area (Å²) in [4.78, 5) is 12.2. The van der Waals surface area contributed by atoms with Crippen LogP contribution in [0.1, 0.15) is 26.2 Å². The molecule has 1 fully saturated rings. The Balaban J connectivity index is 2.75.